The van der Waals surface area contributed by atoms with Crippen molar-refractivity contribution in [2.75, 3.05) is 13.1 Å². The Hall–Kier alpha value is -2.92. The van der Waals surface area contributed by atoms with E-state index < -0.39 is 0 Å². The monoisotopic (exact) mass is 417 g/mol. The number of rotatable bonds is 3. The van der Waals surface area contributed by atoms with E-state index in [-0.39, 0.29) is 18.1 Å². The average Bonchev–Trinajstić information content (AvgIpc) is 3.13. The van der Waals surface area contributed by atoms with Gasteiger partial charge < -0.3 is 9.64 Å². The molecule has 5 nitrogen and oxygen atoms in total. The maximum Gasteiger partial charge on any atom is 0.272 e. The molecule has 0 radical (unpaired) electrons. The molecule has 0 N–H and O–H groups in total. The van der Waals surface area contributed by atoms with Crippen LogP contribution in [-0.2, 0) is 4.74 Å². The molecule has 1 amide bonds. The van der Waals surface area contributed by atoms with Crippen molar-refractivity contribution in [3.05, 3.63) is 70.4 Å². The predicted octanol–water partition coefficient (Wildman–Crippen LogP) is 5.02. The quantitative estimate of drug-likeness (QED) is 0.601. The van der Waals surface area contributed by atoms with Gasteiger partial charge >= 0.3 is 0 Å². The summed E-state index contributed by atoms with van der Waals surface area (Å²) in [6.45, 7) is 13.5. The van der Waals surface area contributed by atoms with Gasteiger partial charge in [0.05, 0.1) is 23.6 Å². The SMILES string of the molecule is Cc1ccc(-n2nc(-c3ccc(C)c(C)c3)cc2C(=O)N2CC(C)OC(C)C2)c(C)c1. The molecule has 1 aromatic heterocycles. The van der Waals surface area contributed by atoms with E-state index in [2.05, 4.69) is 58.0 Å². The number of aromatic nitrogens is 2. The molecular formula is C26H31N3O2. The number of benzene rings is 2. The highest BCUT2D eigenvalue weighted by molar-refractivity contribution is 5.94. The summed E-state index contributed by atoms with van der Waals surface area (Å²) in [4.78, 5) is 15.5. The topological polar surface area (TPSA) is 47.4 Å². The van der Waals surface area contributed by atoms with Crippen molar-refractivity contribution >= 4 is 5.91 Å². The molecule has 2 aromatic carbocycles. The van der Waals surface area contributed by atoms with Crippen molar-refractivity contribution < 1.29 is 9.53 Å². The van der Waals surface area contributed by atoms with Gasteiger partial charge in [-0.1, -0.05) is 29.8 Å². The molecule has 3 aromatic rings. The van der Waals surface area contributed by atoms with Crippen molar-refractivity contribution in [1.29, 1.82) is 0 Å². The van der Waals surface area contributed by atoms with Crippen LogP contribution in [0.5, 0.6) is 0 Å². The third-order valence-electron chi connectivity index (χ3n) is 6.02. The molecule has 2 heterocycles. The second-order valence-electron chi connectivity index (χ2n) is 8.88. The van der Waals surface area contributed by atoms with Crippen molar-refractivity contribution in [2.45, 2.75) is 53.8 Å². The Morgan fingerprint density at radius 2 is 1.61 bits per heavy atom. The first-order valence-corrected chi connectivity index (χ1v) is 10.9. The number of carbonyl (C=O) groups excluding carboxylic acids is 1. The van der Waals surface area contributed by atoms with Gasteiger partial charge in [-0.05, 0) is 76.4 Å². The van der Waals surface area contributed by atoms with Crippen molar-refractivity contribution in [3.63, 3.8) is 0 Å². The van der Waals surface area contributed by atoms with E-state index in [1.54, 1.807) is 0 Å². The van der Waals surface area contributed by atoms with E-state index in [0.29, 0.717) is 18.8 Å². The summed E-state index contributed by atoms with van der Waals surface area (Å²) < 4.78 is 7.64. The molecule has 162 valence electrons. The summed E-state index contributed by atoms with van der Waals surface area (Å²) in [5.74, 6) is -0.00967. The number of carbonyl (C=O) groups is 1. The molecular weight excluding hydrogens is 386 g/mol. The molecule has 31 heavy (non-hydrogen) atoms. The second kappa shape index (κ2) is 8.31. The van der Waals surface area contributed by atoms with Gasteiger partial charge in [-0.3, -0.25) is 4.79 Å². The van der Waals surface area contributed by atoms with Gasteiger partial charge in [-0.15, -0.1) is 0 Å². The Labute approximate surface area is 184 Å². The van der Waals surface area contributed by atoms with Crippen LogP contribution in [0.3, 0.4) is 0 Å². The summed E-state index contributed by atoms with van der Waals surface area (Å²) in [6, 6.07) is 14.5. The zero-order valence-electron chi connectivity index (χ0n) is 19.3. The fraction of sp³-hybridized carbons (Fsp3) is 0.385. The van der Waals surface area contributed by atoms with E-state index >= 15 is 0 Å². The lowest BCUT2D eigenvalue weighted by molar-refractivity contribution is -0.0588. The minimum Gasteiger partial charge on any atom is -0.372 e. The molecule has 1 aliphatic heterocycles. The van der Waals surface area contributed by atoms with Gasteiger partial charge in [-0.25, -0.2) is 4.68 Å². The predicted molar refractivity (Wildman–Crippen MR) is 124 cm³/mol. The highest BCUT2D eigenvalue weighted by Gasteiger charge is 2.29. The molecule has 1 fully saturated rings. The molecule has 2 atom stereocenters. The smallest absolute Gasteiger partial charge is 0.272 e. The molecule has 1 aliphatic rings. The number of nitrogens with zero attached hydrogens (tertiary/aromatic N) is 3. The Kier molecular flexibility index (Phi) is 5.71. The minimum absolute atomic E-state index is 0.00967. The number of aryl methyl sites for hydroxylation is 4. The molecule has 1 saturated heterocycles. The highest BCUT2D eigenvalue weighted by atomic mass is 16.5. The van der Waals surface area contributed by atoms with Crippen LogP contribution < -0.4 is 0 Å². The normalized spacial score (nSPS) is 19.0. The lowest BCUT2D eigenvalue weighted by Crippen LogP contribution is -2.48. The minimum atomic E-state index is -0.00967. The van der Waals surface area contributed by atoms with Gasteiger partial charge in [0, 0.05) is 18.7 Å². The lowest BCUT2D eigenvalue weighted by Gasteiger charge is -2.35. The zero-order valence-corrected chi connectivity index (χ0v) is 19.3. The summed E-state index contributed by atoms with van der Waals surface area (Å²) >= 11 is 0. The molecule has 5 heteroatoms. The number of hydrogen-bond acceptors (Lipinski definition) is 3. The third-order valence-corrected chi connectivity index (χ3v) is 6.02. The van der Waals surface area contributed by atoms with Gasteiger partial charge in [0.1, 0.15) is 5.69 Å². The molecule has 2 unspecified atom stereocenters. The van der Waals surface area contributed by atoms with E-state index in [9.17, 15) is 4.79 Å². The van der Waals surface area contributed by atoms with Crippen LogP contribution in [0.2, 0.25) is 0 Å². The van der Waals surface area contributed by atoms with Crippen molar-refractivity contribution in [3.8, 4) is 16.9 Å². The summed E-state index contributed by atoms with van der Waals surface area (Å²) in [7, 11) is 0. The van der Waals surface area contributed by atoms with Crippen molar-refractivity contribution in [1.82, 2.24) is 14.7 Å². The average molecular weight is 418 g/mol. The van der Waals surface area contributed by atoms with Gasteiger partial charge in [-0.2, -0.15) is 5.10 Å². The van der Waals surface area contributed by atoms with Crippen molar-refractivity contribution in [2.24, 2.45) is 0 Å². The van der Waals surface area contributed by atoms with Gasteiger partial charge in [0.2, 0.25) is 0 Å². The fourth-order valence-electron chi connectivity index (χ4n) is 4.31. The summed E-state index contributed by atoms with van der Waals surface area (Å²) in [6.07, 6.45) is 0.0359. The van der Waals surface area contributed by atoms with Gasteiger partial charge in [0.25, 0.3) is 5.91 Å². The summed E-state index contributed by atoms with van der Waals surface area (Å²) in [5, 5.41) is 4.90. The number of hydrogen-bond donors (Lipinski definition) is 0. The van der Waals surface area contributed by atoms with E-state index in [0.717, 1.165) is 22.5 Å². The van der Waals surface area contributed by atoms with E-state index in [1.807, 2.05) is 35.6 Å². The first-order valence-electron chi connectivity index (χ1n) is 10.9. The first-order chi connectivity index (χ1) is 14.7. The molecule has 0 spiro atoms. The summed E-state index contributed by atoms with van der Waals surface area (Å²) in [5.41, 5.74) is 8.07. The highest BCUT2D eigenvalue weighted by Crippen LogP contribution is 2.27. The Morgan fingerprint density at radius 1 is 0.903 bits per heavy atom. The largest absolute Gasteiger partial charge is 0.372 e. The standard InChI is InChI=1S/C26H31N3O2/c1-16-7-10-24(19(4)11-16)29-25(26(30)28-14-20(5)31-21(6)15-28)13-23(27-29)22-9-8-17(2)18(3)12-22/h7-13,20-21H,14-15H2,1-6H3. The molecule has 0 bridgehead atoms. The maximum atomic E-state index is 13.6. The fourth-order valence-corrected chi connectivity index (χ4v) is 4.31. The zero-order chi connectivity index (χ0) is 22.3. The van der Waals surface area contributed by atoms with Crippen LogP contribution in [0.25, 0.3) is 16.9 Å². The maximum absolute atomic E-state index is 13.6. The number of morpholine rings is 1. The molecule has 0 saturated carbocycles. The lowest BCUT2D eigenvalue weighted by atomic mass is 10.0. The van der Waals surface area contributed by atoms with E-state index in [4.69, 9.17) is 9.84 Å². The number of amides is 1. The van der Waals surface area contributed by atoms with Crippen LogP contribution in [-0.4, -0.2) is 45.9 Å². The van der Waals surface area contributed by atoms with Gasteiger partial charge in [0.15, 0.2) is 0 Å². The molecule has 0 aliphatic carbocycles. The van der Waals surface area contributed by atoms with Crippen LogP contribution >= 0.6 is 0 Å². The van der Waals surface area contributed by atoms with Crippen LogP contribution in [0.4, 0.5) is 0 Å². The Balaban J connectivity index is 1.83. The number of ether oxygens (including phenoxy) is 1. The third kappa shape index (κ3) is 4.28. The van der Waals surface area contributed by atoms with E-state index in [1.165, 1.54) is 16.7 Å². The first kappa shape index (κ1) is 21.3. The van der Waals surface area contributed by atoms with Crippen LogP contribution in [0.15, 0.2) is 42.5 Å². The Bertz CT molecular complexity index is 1120. The van der Waals surface area contributed by atoms with Crippen LogP contribution in [0, 0.1) is 27.7 Å². The molecule has 4 rings (SSSR count). The Morgan fingerprint density at radius 3 is 2.26 bits per heavy atom. The second-order valence-corrected chi connectivity index (χ2v) is 8.88. The van der Waals surface area contributed by atoms with Crippen LogP contribution in [0.1, 0.15) is 46.6 Å².